The van der Waals surface area contributed by atoms with E-state index in [1.807, 2.05) is 6.92 Å². The lowest BCUT2D eigenvalue weighted by molar-refractivity contribution is -0.122. The van der Waals surface area contributed by atoms with Crippen LogP contribution in [0.4, 0.5) is 10.5 Å². The van der Waals surface area contributed by atoms with Crippen molar-refractivity contribution < 1.29 is 23.9 Å². The number of halogens is 2. The van der Waals surface area contributed by atoms with E-state index in [9.17, 15) is 14.4 Å². The standard InChI is InChI=1S/C21H18BrIN2O5/c1-4-30-17-10-12(9-15(23)18(17)29-3)8-14-19(26)24-21(28)25(20(14)27)16-6-5-13(22)7-11(16)2/h5-10H,4H2,1-3H3,(H,24,26,28)/b14-8-. The van der Waals surface area contributed by atoms with Gasteiger partial charge in [0.05, 0.1) is 23.0 Å². The van der Waals surface area contributed by atoms with Crippen LogP contribution >= 0.6 is 38.5 Å². The van der Waals surface area contributed by atoms with E-state index in [0.29, 0.717) is 34.9 Å². The first-order valence-electron chi connectivity index (χ1n) is 8.94. The first kappa shape index (κ1) is 22.3. The van der Waals surface area contributed by atoms with Gasteiger partial charge in [0.1, 0.15) is 5.57 Å². The van der Waals surface area contributed by atoms with E-state index in [4.69, 9.17) is 9.47 Å². The number of benzene rings is 2. The van der Waals surface area contributed by atoms with Gasteiger partial charge in [-0.15, -0.1) is 0 Å². The van der Waals surface area contributed by atoms with Crippen LogP contribution in [0.3, 0.4) is 0 Å². The Morgan fingerprint density at radius 2 is 1.93 bits per heavy atom. The van der Waals surface area contributed by atoms with E-state index >= 15 is 0 Å². The van der Waals surface area contributed by atoms with Crippen LogP contribution in [0.5, 0.6) is 11.5 Å². The van der Waals surface area contributed by atoms with Gasteiger partial charge in [-0.05, 0) is 84.0 Å². The summed E-state index contributed by atoms with van der Waals surface area (Å²) in [6.07, 6.45) is 1.44. The number of imide groups is 2. The summed E-state index contributed by atoms with van der Waals surface area (Å²) >= 11 is 5.45. The van der Waals surface area contributed by atoms with Crippen molar-refractivity contribution in [1.82, 2.24) is 5.32 Å². The number of carbonyl (C=O) groups excluding carboxylic acids is 3. The number of rotatable bonds is 5. The Morgan fingerprint density at radius 3 is 2.57 bits per heavy atom. The lowest BCUT2D eigenvalue weighted by Crippen LogP contribution is -2.54. The van der Waals surface area contributed by atoms with Gasteiger partial charge >= 0.3 is 6.03 Å². The molecule has 1 heterocycles. The van der Waals surface area contributed by atoms with Gasteiger partial charge in [-0.25, -0.2) is 9.69 Å². The molecule has 2 aromatic rings. The molecule has 0 unspecified atom stereocenters. The summed E-state index contributed by atoms with van der Waals surface area (Å²) in [5.41, 5.74) is 1.53. The second-order valence-corrected chi connectivity index (χ2v) is 8.43. The minimum absolute atomic E-state index is 0.152. The minimum atomic E-state index is -0.785. The summed E-state index contributed by atoms with van der Waals surface area (Å²) < 4.78 is 12.6. The number of carbonyl (C=O) groups is 3. The van der Waals surface area contributed by atoms with Crippen molar-refractivity contribution in [3.63, 3.8) is 0 Å². The molecule has 1 aliphatic heterocycles. The number of aryl methyl sites for hydroxylation is 1. The van der Waals surface area contributed by atoms with E-state index in [1.165, 1.54) is 6.08 Å². The Kier molecular flexibility index (Phi) is 6.81. The fraction of sp³-hybridized carbons (Fsp3) is 0.190. The minimum Gasteiger partial charge on any atom is -0.492 e. The lowest BCUT2D eigenvalue weighted by Gasteiger charge is -2.27. The summed E-state index contributed by atoms with van der Waals surface area (Å²) in [5.74, 6) is -0.377. The molecule has 2 aromatic carbocycles. The molecule has 0 spiro atoms. The van der Waals surface area contributed by atoms with E-state index in [0.717, 1.165) is 12.9 Å². The molecule has 0 aromatic heterocycles. The second kappa shape index (κ2) is 9.17. The van der Waals surface area contributed by atoms with Crippen molar-refractivity contribution >= 4 is 68.1 Å². The Balaban J connectivity index is 2.07. The average Bonchev–Trinajstić information content (AvgIpc) is 2.67. The molecule has 1 aliphatic rings. The van der Waals surface area contributed by atoms with Gasteiger partial charge in [-0.2, -0.15) is 0 Å². The Hall–Kier alpha value is -2.40. The topological polar surface area (TPSA) is 84.9 Å². The molecule has 0 bridgehead atoms. The number of amides is 4. The van der Waals surface area contributed by atoms with Crippen molar-refractivity contribution in [3.05, 3.63) is 55.1 Å². The molecule has 30 heavy (non-hydrogen) atoms. The fourth-order valence-electron chi connectivity index (χ4n) is 3.04. The molecule has 7 nitrogen and oxygen atoms in total. The predicted molar refractivity (Wildman–Crippen MR) is 125 cm³/mol. The molecule has 0 radical (unpaired) electrons. The third-order valence-corrected chi connectivity index (χ3v) is 5.64. The highest BCUT2D eigenvalue weighted by Gasteiger charge is 2.37. The summed E-state index contributed by atoms with van der Waals surface area (Å²) in [5, 5.41) is 2.24. The normalized spacial score (nSPS) is 15.4. The second-order valence-electron chi connectivity index (χ2n) is 6.36. The molecule has 9 heteroatoms. The molecule has 4 amide bonds. The highest BCUT2D eigenvalue weighted by molar-refractivity contribution is 14.1. The number of nitrogens with one attached hydrogen (secondary N) is 1. The maximum absolute atomic E-state index is 13.1. The number of ether oxygens (including phenoxy) is 2. The van der Waals surface area contributed by atoms with Crippen molar-refractivity contribution in [2.45, 2.75) is 13.8 Å². The number of methoxy groups -OCH3 is 1. The van der Waals surface area contributed by atoms with Gasteiger partial charge in [0.2, 0.25) is 0 Å². The summed E-state index contributed by atoms with van der Waals surface area (Å²) in [4.78, 5) is 38.9. The molecule has 0 aliphatic carbocycles. The van der Waals surface area contributed by atoms with E-state index in [1.54, 1.807) is 44.4 Å². The van der Waals surface area contributed by atoms with Gasteiger partial charge in [0, 0.05) is 4.47 Å². The molecule has 1 saturated heterocycles. The van der Waals surface area contributed by atoms with Crippen LogP contribution in [0.1, 0.15) is 18.1 Å². The highest BCUT2D eigenvalue weighted by Crippen LogP contribution is 2.35. The summed E-state index contributed by atoms with van der Waals surface area (Å²) in [6, 6.07) is 7.82. The highest BCUT2D eigenvalue weighted by atomic mass is 127. The molecular weight excluding hydrogens is 567 g/mol. The molecule has 1 fully saturated rings. The van der Waals surface area contributed by atoms with Crippen LogP contribution in [0.15, 0.2) is 40.4 Å². The van der Waals surface area contributed by atoms with Crippen LogP contribution in [-0.4, -0.2) is 31.6 Å². The largest absolute Gasteiger partial charge is 0.492 e. The van der Waals surface area contributed by atoms with Crippen LogP contribution in [0.2, 0.25) is 0 Å². The molecule has 1 N–H and O–H groups in total. The van der Waals surface area contributed by atoms with Gasteiger partial charge in [0.15, 0.2) is 11.5 Å². The molecule has 3 rings (SSSR count). The number of nitrogens with zero attached hydrogens (tertiary/aromatic N) is 1. The quantitative estimate of drug-likeness (QED) is 0.319. The smallest absolute Gasteiger partial charge is 0.335 e. The molecular formula is C21H18BrIN2O5. The van der Waals surface area contributed by atoms with Crippen molar-refractivity contribution in [2.75, 3.05) is 18.6 Å². The SMILES string of the molecule is CCOc1cc(/C=C2/C(=O)NC(=O)N(c3ccc(Br)cc3C)C2=O)cc(I)c1OC. The number of hydrogen-bond acceptors (Lipinski definition) is 5. The Bertz CT molecular complexity index is 1080. The zero-order valence-electron chi connectivity index (χ0n) is 16.4. The van der Waals surface area contributed by atoms with E-state index < -0.39 is 17.8 Å². The van der Waals surface area contributed by atoms with E-state index in [2.05, 4.69) is 43.8 Å². The molecule has 0 atom stereocenters. The maximum Gasteiger partial charge on any atom is 0.335 e. The lowest BCUT2D eigenvalue weighted by atomic mass is 10.1. The summed E-state index contributed by atoms with van der Waals surface area (Å²) in [7, 11) is 1.54. The van der Waals surface area contributed by atoms with Gasteiger partial charge in [0.25, 0.3) is 11.8 Å². The van der Waals surface area contributed by atoms with Gasteiger partial charge in [-0.1, -0.05) is 15.9 Å². The number of anilines is 1. The molecule has 0 saturated carbocycles. The van der Waals surface area contributed by atoms with Gasteiger partial charge in [-0.3, -0.25) is 14.9 Å². The van der Waals surface area contributed by atoms with Crippen molar-refractivity contribution in [2.24, 2.45) is 0 Å². The first-order chi connectivity index (χ1) is 14.3. The number of urea groups is 1. The van der Waals surface area contributed by atoms with Gasteiger partial charge < -0.3 is 9.47 Å². The first-order valence-corrected chi connectivity index (χ1v) is 10.8. The van der Waals surface area contributed by atoms with Crippen LogP contribution < -0.4 is 19.7 Å². The fourth-order valence-corrected chi connectivity index (χ4v) is 4.37. The van der Waals surface area contributed by atoms with E-state index in [-0.39, 0.29) is 5.57 Å². The number of barbiturate groups is 1. The Morgan fingerprint density at radius 1 is 1.20 bits per heavy atom. The number of hydrogen-bond donors (Lipinski definition) is 1. The monoisotopic (exact) mass is 584 g/mol. The third-order valence-electron chi connectivity index (χ3n) is 4.35. The third kappa shape index (κ3) is 4.36. The van der Waals surface area contributed by atoms with Crippen molar-refractivity contribution in [3.8, 4) is 11.5 Å². The average molecular weight is 585 g/mol. The van der Waals surface area contributed by atoms with Crippen LogP contribution in [0.25, 0.3) is 6.08 Å². The summed E-state index contributed by atoms with van der Waals surface area (Å²) in [6.45, 7) is 4.05. The van der Waals surface area contributed by atoms with Crippen LogP contribution in [-0.2, 0) is 9.59 Å². The zero-order valence-corrected chi connectivity index (χ0v) is 20.2. The Labute approximate surface area is 195 Å². The zero-order chi connectivity index (χ0) is 22.0. The predicted octanol–water partition coefficient (Wildman–Crippen LogP) is 4.44. The molecule has 156 valence electrons. The maximum atomic E-state index is 13.1. The van der Waals surface area contributed by atoms with Crippen LogP contribution in [0, 0.1) is 10.5 Å². The van der Waals surface area contributed by atoms with Crippen molar-refractivity contribution in [1.29, 1.82) is 0 Å².